The van der Waals surface area contributed by atoms with Gasteiger partial charge in [0.15, 0.2) is 5.82 Å². The van der Waals surface area contributed by atoms with Crippen LogP contribution in [0.2, 0.25) is 0 Å². The SMILES string of the molecule is c1cncc(-c2cccc(-c3cc(-c4ccc5ccc6cccc7ccc4c5c67)nc(-c4ccc(-c5ccc6ccccc6c5)cc4)n3)c2)c1. The van der Waals surface area contributed by atoms with Gasteiger partial charge in [-0.3, -0.25) is 4.98 Å². The Hall–Kier alpha value is -6.71. The number of benzene rings is 8. The number of nitrogens with zero attached hydrogens (tertiary/aromatic N) is 3. The van der Waals surface area contributed by atoms with Gasteiger partial charge in [0.05, 0.1) is 11.4 Å². The molecule has 3 heteroatoms. The summed E-state index contributed by atoms with van der Waals surface area (Å²) in [6.07, 6.45) is 3.70. The van der Waals surface area contributed by atoms with Crippen molar-refractivity contribution in [2.75, 3.05) is 0 Å². The predicted molar refractivity (Wildman–Crippen MR) is 208 cm³/mol. The third kappa shape index (κ3) is 4.79. The maximum absolute atomic E-state index is 5.28. The molecule has 0 unspecified atom stereocenters. The molecule has 0 amide bonds. The van der Waals surface area contributed by atoms with Crippen molar-refractivity contribution in [1.29, 1.82) is 0 Å². The van der Waals surface area contributed by atoms with Gasteiger partial charge in [-0.1, -0.05) is 140 Å². The zero-order chi connectivity index (χ0) is 33.0. The van der Waals surface area contributed by atoms with Gasteiger partial charge in [-0.2, -0.15) is 0 Å². The van der Waals surface area contributed by atoms with E-state index in [-0.39, 0.29) is 0 Å². The molecule has 50 heavy (non-hydrogen) atoms. The smallest absolute Gasteiger partial charge is 0.160 e. The topological polar surface area (TPSA) is 38.7 Å². The summed E-state index contributed by atoms with van der Waals surface area (Å²) in [5.41, 5.74) is 9.38. The molecular weight excluding hydrogens is 607 g/mol. The van der Waals surface area contributed by atoms with E-state index in [4.69, 9.17) is 9.97 Å². The van der Waals surface area contributed by atoms with E-state index in [1.807, 2.05) is 12.3 Å². The molecule has 2 aromatic heterocycles. The highest BCUT2D eigenvalue weighted by Crippen LogP contribution is 2.40. The van der Waals surface area contributed by atoms with Crippen LogP contribution in [0.15, 0.2) is 176 Å². The minimum atomic E-state index is 0.694. The van der Waals surface area contributed by atoms with E-state index in [1.54, 1.807) is 6.20 Å². The molecule has 10 aromatic rings. The Morgan fingerprint density at radius 3 is 1.80 bits per heavy atom. The number of aromatic nitrogens is 3. The summed E-state index contributed by atoms with van der Waals surface area (Å²) < 4.78 is 0. The first-order valence-corrected chi connectivity index (χ1v) is 16.9. The molecule has 0 N–H and O–H groups in total. The third-order valence-electron chi connectivity index (χ3n) is 9.91. The molecule has 0 atom stereocenters. The summed E-state index contributed by atoms with van der Waals surface area (Å²) in [6, 6.07) is 58.4. The lowest BCUT2D eigenvalue weighted by Crippen LogP contribution is -1.97. The van der Waals surface area contributed by atoms with Crippen LogP contribution in [0, 0.1) is 0 Å². The summed E-state index contributed by atoms with van der Waals surface area (Å²) in [4.78, 5) is 14.8. The van der Waals surface area contributed by atoms with Crippen LogP contribution >= 0.6 is 0 Å². The number of hydrogen-bond acceptors (Lipinski definition) is 3. The molecule has 0 saturated carbocycles. The van der Waals surface area contributed by atoms with Crippen molar-refractivity contribution in [1.82, 2.24) is 15.0 Å². The van der Waals surface area contributed by atoms with Crippen molar-refractivity contribution in [3.8, 4) is 56.2 Å². The van der Waals surface area contributed by atoms with E-state index in [0.29, 0.717) is 5.82 Å². The van der Waals surface area contributed by atoms with Gasteiger partial charge >= 0.3 is 0 Å². The monoisotopic (exact) mass is 635 g/mol. The Balaban J connectivity index is 1.15. The van der Waals surface area contributed by atoms with E-state index in [9.17, 15) is 0 Å². The maximum atomic E-state index is 5.28. The molecular formula is C47H29N3. The van der Waals surface area contributed by atoms with E-state index >= 15 is 0 Å². The van der Waals surface area contributed by atoms with Crippen LogP contribution in [0.25, 0.3) is 99.2 Å². The van der Waals surface area contributed by atoms with E-state index < -0.39 is 0 Å². The maximum Gasteiger partial charge on any atom is 0.160 e. The van der Waals surface area contributed by atoms with E-state index in [0.717, 1.165) is 44.8 Å². The van der Waals surface area contributed by atoms with Gasteiger partial charge in [0.25, 0.3) is 0 Å². The molecule has 3 nitrogen and oxygen atoms in total. The van der Waals surface area contributed by atoms with Crippen LogP contribution < -0.4 is 0 Å². The van der Waals surface area contributed by atoms with Crippen LogP contribution in [-0.2, 0) is 0 Å². The van der Waals surface area contributed by atoms with Crippen molar-refractivity contribution >= 4 is 43.1 Å². The zero-order valence-corrected chi connectivity index (χ0v) is 27.1. The third-order valence-corrected chi connectivity index (χ3v) is 9.91. The van der Waals surface area contributed by atoms with Crippen LogP contribution in [0.5, 0.6) is 0 Å². The second kappa shape index (κ2) is 11.5. The average molecular weight is 636 g/mol. The normalized spacial score (nSPS) is 11.6. The fraction of sp³-hybridized carbons (Fsp3) is 0. The molecule has 0 radical (unpaired) electrons. The Kier molecular flexibility index (Phi) is 6.49. The fourth-order valence-electron chi connectivity index (χ4n) is 7.39. The van der Waals surface area contributed by atoms with Crippen molar-refractivity contribution in [3.63, 3.8) is 0 Å². The molecule has 2 heterocycles. The van der Waals surface area contributed by atoms with Gasteiger partial charge in [0.2, 0.25) is 0 Å². The Morgan fingerprint density at radius 1 is 0.340 bits per heavy atom. The van der Waals surface area contributed by atoms with Gasteiger partial charge < -0.3 is 0 Å². The van der Waals surface area contributed by atoms with Crippen molar-refractivity contribution in [2.45, 2.75) is 0 Å². The summed E-state index contributed by atoms with van der Waals surface area (Å²) in [6.45, 7) is 0. The molecule has 0 saturated heterocycles. The fourth-order valence-corrected chi connectivity index (χ4v) is 7.39. The average Bonchev–Trinajstić information content (AvgIpc) is 3.20. The highest BCUT2D eigenvalue weighted by molar-refractivity contribution is 6.25. The van der Waals surface area contributed by atoms with E-state index in [2.05, 4.69) is 163 Å². The van der Waals surface area contributed by atoms with Crippen molar-refractivity contribution in [3.05, 3.63) is 176 Å². The van der Waals surface area contributed by atoms with Gasteiger partial charge in [-0.05, 0) is 84.0 Å². The van der Waals surface area contributed by atoms with Crippen LogP contribution in [0.4, 0.5) is 0 Å². The summed E-state index contributed by atoms with van der Waals surface area (Å²) in [5, 5.41) is 9.97. The summed E-state index contributed by atoms with van der Waals surface area (Å²) in [7, 11) is 0. The molecule has 0 aliphatic carbocycles. The number of fused-ring (bicyclic) bond motifs is 1. The Morgan fingerprint density at radius 2 is 0.960 bits per heavy atom. The molecule has 232 valence electrons. The van der Waals surface area contributed by atoms with Crippen LogP contribution in [0.3, 0.4) is 0 Å². The first-order valence-electron chi connectivity index (χ1n) is 16.9. The summed E-state index contributed by atoms with van der Waals surface area (Å²) in [5.74, 6) is 0.694. The lowest BCUT2D eigenvalue weighted by atomic mass is 9.91. The first kappa shape index (κ1) is 28.3. The molecule has 0 aliphatic rings. The highest BCUT2D eigenvalue weighted by atomic mass is 14.9. The van der Waals surface area contributed by atoms with Gasteiger partial charge in [0.1, 0.15) is 0 Å². The molecule has 0 bridgehead atoms. The second-order valence-electron chi connectivity index (χ2n) is 12.9. The number of hydrogen-bond donors (Lipinski definition) is 0. The second-order valence-corrected chi connectivity index (χ2v) is 12.9. The lowest BCUT2D eigenvalue weighted by Gasteiger charge is -2.15. The van der Waals surface area contributed by atoms with Gasteiger partial charge in [-0.15, -0.1) is 0 Å². The first-order chi connectivity index (χ1) is 24.7. The predicted octanol–water partition coefficient (Wildman–Crippen LogP) is 12.3. The molecule has 0 aliphatic heterocycles. The van der Waals surface area contributed by atoms with Crippen LogP contribution in [-0.4, -0.2) is 15.0 Å². The van der Waals surface area contributed by atoms with Crippen molar-refractivity contribution < 1.29 is 0 Å². The number of pyridine rings is 1. The lowest BCUT2D eigenvalue weighted by molar-refractivity contribution is 1.18. The zero-order valence-electron chi connectivity index (χ0n) is 27.1. The van der Waals surface area contributed by atoms with Gasteiger partial charge in [0, 0.05) is 34.6 Å². The molecule has 0 spiro atoms. The van der Waals surface area contributed by atoms with Crippen molar-refractivity contribution in [2.24, 2.45) is 0 Å². The molecule has 8 aromatic carbocycles. The summed E-state index contributed by atoms with van der Waals surface area (Å²) >= 11 is 0. The minimum Gasteiger partial charge on any atom is -0.264 e. The quantitative estimate of drug-likeness (QED) is 0.177. The van der Waals surface area contributed by atoms with Gasteiger partial charge in [-0.25, -0.2) is 9.97 Å². The molecule has 10 rings (SSSR count). The highest BCUT2D eigenvalue weighted by Gasteiger charge is 2.16. The molecule has 0 fully saturated rings. The standard InChI is InChI=1S/C47H29N3/c1-2-7-36-26-38(20-15-30(36)6-1)31-13-18-35(19-14-31)47-49-43(39-11-4-10-37(27-39)40-12-5-25-48-29-40)28-44(50-47)41-23-21-34-17-16-32-8-3-9-33-22-24-42(41)46(34)45(32)33/h1-29H. The minimum absolute atomic E-state index is 0.694. The Bertz CT molecular complexity index is 2840. The van der Waals surface area contributed by atoms with E-state index in [1.165, 1.54) is 48.7 Å². The number of rotatable bonds is 5. The Labute approximate surface area is 289 Å². The largest absolute Gasteiger partial charge is 0.264 e. The van der Waals surface area contributed by atoms with Crippen LogP contribution in [0.1, 0.15) is 0 Å².